The predicted octanol–water partition coefficient (Wildman–Crippen LogP) is 4.45. The minimum atomic E-state index is -0.839. The van der Waals surface area contributed by atoms with Crippen LogP contribution in [0.1, 0.15) is 55.8 Å². The lowest BCUT2D eigenvalue weighted by Gasteiger charge is -2.47. The molecule has 36 heavy (non-hydrogen) atoms. The Morgan fingerprint density at radius 1 is 1.22 bits per heavy atom. The summed E-state index contributed by atoms with van der Waals surface area (Å²) in [4.78, 5) is 21.5. The Hall–Kier alpha value is -2.72. The van der Waals surface area contributed by atoms with Gasteiger partial charge in [0.1, 0.15) is 5.60 Å². The molecule has 2 heterocycles. The van der Waals surface area contributed by atoms with Crippen molar-refractivity contribution in [2.24, 2.45) is 11.8 Å². The number of carbonyl (C=O) groups is 1. The molecule has 0 radical (unpaired) electrons. The molecule has 1 aromatic carbocycles. The molecule has 1 saturated heterocycles. The monoisotopic (exact) mass is 504 g/mol. The van der Waals surface area contributed by atoms with Crippen LogP contribution in [0.3, 0.4) is 0 Å². The Morgan fingerprint density at radius 2 is 1.89 bits per heavy atom. The fourth-order valence-electron chi connectivity index (χ4n) is 5.25. The summed E-state index contributed by atoms with van der Waals surface area (Å²) >= 11 is 0. The molecule has 1 N–H and O–H groups in total. The minimum absolute atomic E-state index is 0.00991. The second-order valence-corrected chi connectivity index (χ2v) is 10.4. The fraction of sp³-hybridized carbons (Fsp3) is 0.615. The molecule has 2 unspecified atom stereocenters. The molecule has 196 valence electrons. The zero-order valence-electron chi connectivity index (χ0n) is 21.3. The van der Waals surface area contributed by atoms with Gasteiger partial charge in [-0.05, 0) is 51.1 Å². The second-order valence-electron chi connectivity index (χ2n) is 10.4. The van der Waals surface area contributed by atoms with Gasteiger partial charge in [0.15, 0.2) is 28.8 Å². The van der Waals surface area contributed by atoms with E-state index >= 15 is 0 Å². The van der Waals surface area contributed by atoms with Gasteiger partial charge in [0.05, 0.1) is 25.7 Å². The lowest BCUT2D eigenvalue weighted by atomic mass is 9.91. The number of nitrogens with one attached hydrogen (secondary N) is 1. The summed E-state index contributed by atoms with van der Waals surface area (Å²) in [6.07, 6.45) is 3.56. The van der Waals surface area contributed by atoms with Gasteiger partial charge in [-0.15, -0.1) is 0 Å². The van der Waals surface area contributed by atoms with Gasteiger partial charge in [0, 0.05) is 24.9 Å². The summed E-state index contributed by atoms with van der Waals surface area (Å²) in [6, 6.07) is 2.49. The van der Waals surface area contributed by atoms with Crippen molar-refractivity contribution in [1.82, 2.24) is 9.88 Å². The summed E-state index contributed by atoms with van der Waals surface area (Å²) in [7, 11) is 3.58. The molecule has 3 atom stereocenters. The van der Waals surface area contributed by atoms with Crippen molar-refractivity contribution in [2.75, 3.05) is 44.0 Å². The first-order valence-corrected chi connectivity index (χ1v) is 12.7. The van der Waals surface area contributed by atoms with Gasteiger partial charge in [0.25, 0.3) is 11.9 Å². The third-order valence-electron chi connectivity index (χ3n) is 7.90. The number of hydrogen-bond acceptors (Lipinski definition) is 7. The van der Waals surface area contributed by atoms with E-state index in [1.165, 1.54) is 6.42 Å². The normalized spacial score (nSPS) is 24.0. The van der Waals surface area contributed by atoms with E-state index in [-0.39, 0.29) is 28.8 Å². The van der Waals surface area contributed by atoms with Crippen molar-refractivity contribution >= 4 is 17.6 Å². The van der Waals surface area contributed by atoms with E-state index in [4.69, 9.17) is 13.9 Å². The number of ether oxygens (including phenoxy) is 2. The van der Waals surface area contributed by atoms with Crippen molar-refractivity contribution in [1.29, 1.82) is 0 Å². The van der Waals surface area contributed by atoms with Crippen molar-refractivity contribution < 1.29 is 27.5 Å². The molecule has 0 spiro atoms. The number of rotatable bonds is 10. The molecule has 2 aliphatic carbocycles. The van der Waals surface area contributed by atoms with Crippen molar-refractivity contribution in [3.05, 3.63) is 35.2 Å². The smallest absolute Gasteiger partial charge is 0.298 e. The highest BCUT2D eigenvalue weighted by Gasteiger charge is 2.47. The maximum Gasteiger partial charge on any atom is 0.298 e. The summed E-state index contributed by atoms with van der Waals surface area (Å²) in [5.41, 5.74) is -0.179. The number of anilines is 2. The number of amides is 1. The standard InChI is InChI=1S/C26H34F2N4O4/c1-5-26(34-4)13-32(14-26)25-30-22(21(36-25)12-31(3)6-2)24(33)29-17-10-19(27)23(20(28)11-17)35-18-8-15-7-16(15)9-18/h10-11,15-16,18H,5-9,12-14H2,1-4H3,(H,29,33)/t15-,16?,18?/m0/s1. The summed E-state index contributed by atoms with van der Waals surface area (Å²) < 4.78 is 46.7. The van der Waals surface area contributed by atoms with E-state index in [1.807, 2.05) is 23.8 Å². The summed E-state index contributed by atoms with van der Waals surface area (Å²) in [6.45, 7) is 6.36. The Labute approximate surface area is 209 Å². The van der Waals surface area contributed by atoms with Crippen LogP contribution in [-0.2, 0) is 11.3 Å². The number of hydrogen-bond donors (Lipinski definition) is 1. The van der Waals surface area contributed by atoms with Gasteiger partial charge in [-0.1, -0.05) is 13.8 Å². The average molecular weight is 505 g/mol. The molecule has 5 rings (SSSR count). The lowest BCUT2D eigenvalue weighted by Crippen LogP contribution is -2.62. The molecule has 3 fully saturated rings. The van der Waals surface area contributed by atoms with Crippen LogP contribution in [-0.4, -0.2) is 61.3 Å². The van der Waals surface area contributed by atoms with Crippen LogP contribution in [0.4, 0.5) is 20.5 Å². The van der Waals surface area contributed by atoms with Crippen LogP contribution in [0, 0.1) is 23.5 Å². The van der Waals surface area contributed by atoms with E-state index < -0.39 is 17.5 Å². The first kappa shape index (κ1) is 25.0. The lowest BCUT2D eigenvalue weighted by molar-refractivity contribution is -0.0379. The van der Waals surface area contributed by atoms with Crippen molar-refractivity contribution in [2.45, 2.75) is 57.8 Å². The minimum Gasteiger partial charge on any atom is -0.484 e. The Kier molecular flexibility index (Phi) is 6.67. The molecule has 0 bridgehead atoms. The van der Waals surface area contributed by atoms with Crippen LogP contribution >= 0.6 is 0 Å². The largest absolute Gasteiger partial charge is 0.484 e. The van der Waals surface area contributed by atoms with Gasteiger partial charge >= 0.3 is 0 Å². The molecule has 3 aliphatic rings. The molecule has 2 aromatic rings. The average Bonchev–Trinajstić information content (AvgIpc) is 3.22. The topological polar surface area (TPSA) is 80.1 Å². The van der Waals surface area contributed by atoms with E-state index in [0.29, 0.717) is 43.2 Å². The molecule has 2 saturated carbocycles. The Bertz CT molecular complexity index is 1090. The summed E-state index contributed by atoms with van der Waals surface area (Å²) in [5, 5.41) is 2.57. The number of fused-ring (bicyclic) bond motifs is 1. The van der Waals surface area contributed by atoms with Crippen molar-refractivity contribution in [3.8, 4) is 5.75 Å². The quantitative estimate of drug-likeness (QED) is 0.512. The highest BCUT2D eigenvalue weighted by Crippen LogP contribution is 2.52. The number of nitrogens with zero attached hydrogens (tertiary/aromatic N) is 3. The van der Waals surface area contributed by atoms with E-state index in [2.05, 4.69) is 17.2 Å². The number of halogens is 2. The highest BCUT2D eigenvalue weighted by molar-refractivity contribution is 6.03. The van der Waals surface area contributed by atoms with E-state index in [0.717, 1.165) is 37.9 Å². The number of oxazole rings is 1. The SMILES string of the molecule is CCN(C)Cc1oc(N2CC(CC)(OC)C2)nc1C(=O)Nc1cc(F)c(OC2CC3C[C@H]3C2)c(F)c1. The van der Waals surface area contributed by atoms with Gasteiger partial charge in [-0.3, -0.25) is 9.69 Å². The van der Waals surface area contributed by atoms with Gasteiger partial charge in [-0.25, -0.2) is 8.78 Å². The third-order valence-corrected chi connectivity index (χ3v) is 7.90. The number of aromatic nitrogens is 1. The van der Waals surface area contributed by atoms with Crippen LogP contribution in [0.25, 0.3) is 0 Å². The predicted molar refractivity (Wildman–Crippen MR) is 130 cm³/mol. The van der Waals surface area contributed by atoms with Crippen molar-refractivity contribution in [3.63, 3.8) is 0 Å². The molecule has 1 aromatic heterocycles. The summed E-state index contributed by atoms with van der Waals surface area (Å²) in [5.74, 6) is -0.999. The number of carbonyl (C=O) groups excluding carboxylic acids is 1. The van der Waals surface area contributed by atoms with Crippen LogP contribution < -0.4 is 15.0 Å². The maximum atomic E-state index is 14.8. The van der Waals surface area contributed by atoms with Gasteiger partial charge in [-0.2, -0.15) is 4.98 Å². The second kappa shape index (κ2) is 9.63. The van der Waals surface area contributed by atoms with Crippen LogP contribution in [0.15, 0.2) is 16.5 Å². The Balaban J connectivity index is 1.31. The number of benzene rings is 1. The number of methoxy groups -OCH3 is 1. The molecule has 1 amide bonds. The molecule has 8 nitrogen and oxygen atoms in total. The molecular weight excluding hydrogens is 470 g/mol. The van der Waals surface area contributed by atoms with Crippen LogP contribution in [0.5, 0.6) is 5.75 Å². The molecular formula is C26H34F2N4O4. The molecule has 10 heteroatoms. The first-order valence-electron chi connectivity index (χ1n) is 12.7. The zero-order chi connectivity index (χ0) is 25.6. The van der Waals surface area contributed by atoms with Gasteiger partial charge in [0.2, 0.25) is 0 Å². The first-order chi connectivity index (χ1) is 17.2. The van der Waals surface area contributed by atoms with Gasteiger partial charge < -0.3 is 24.1 Å². The zero-order valence-corrected chi connectivity index (χ0v) is 21.3. The Morgan fingerprint density at radius 3 is 2.47 bits per heavy atom. The van der Waals surface area contributed by atoms with E-state index in [9.17, 15) is 13.6 Å². The van der Waals surface area contributed by atoms with Crippen LogP contribution in [0.2, 0.25) is 0 Å². The molecule has 1 aliphatic heterocycles. The third kappa shape index (κ3) is 4.80. The fourth-order valence-corrected chi connectivity index (χ4v) is 5.25. The van der Waals surface area contributed by atoms with E-state index in [1.54, 1.807) is 7.11 Å². The highest BCUT2D eigenvalue weighted by atomic mass is 19.1. The maximum absolute atomic E-state index is 14.8.